The predicted molar refractivity (Wildman–Crippen MR) is 143 cm³/mol. The summed E-state index contributed by atoms with van der Waals surface area (Å²) in [6.07, 6.45) is 1.48. The molecule has 0 heterocycles. The van der Waals surface area contributed by atoms with Gasteiger partial charge < -0.3 is 14.2 Å². The van der Waals surface area contributed by atoms with Crippen molar-refractivity contribution in [3.63, 3.8) is 0 Å². The summed E-state index contributed by atoms with van der Waals surface area (Å²) in [5.41, 5.74) is 5.64. The zero-order valence-electron chi connectivity index (χ0n) is 20.7. The Labute approximate surface area is 219 Å². The van der Waals surface area contributed by atoms with E-state index in [1.807, 2.05) is 32.0 Å². The number of ether oxygens (including phenoxy) is 3. The fourth-order valence-electron chi connectivity index (χ4n) is 3.30. The average molecular weight is 553 g/mol. The lowest BCUT2D eigenvalue weighted by Crippen LogP contribution is -2.25. The highest BCUT2D eigenvalue weighted by atomic mass is 79.9. The van der Waals surface area contributed by atoms with Crippen LogP contribution in [-0.2, 0) is 4.79 Å². The number of halogens is 1. The van der Waals surface area contributed by atoms with Gasteiger partial charge in [-0.3, -0.25) is 4.79 Å². The number of nitrogens with zero attached hydrogens (tertiary/aromatic N) is 1. The van der Waals surface area contributed by atoms with Crippen molar-refractivity contribution in [2.75, 3.05) is 13.2 Å². The molecule has 0 fully saturated rings. The lowest BCUT2D eigenvalue weighted by molar-refractivity contribution is -0.123. The first kappa shape index (κ1) is 26.9. The second-order valence-electron chi connectivity index (χ2n) is 8.31. The van der Waals surface area contributed by atoms with Gasteiger partial charge in [-0.05, 0) is 85.0 Å². The Morgan fingerprint density at radius 3 is 2.42 bits per heavy atom. The van der Waals surface area contributed by atoms with Crippen LogP contribution < -0.4 is 19.6 Å². The number of aryl methyl sites for hydroxylation is 1. The van der Waals surface area contributed by atoms with E-state index in [4.69, 9.17) is 14.2 Å². The zero-order valence-corrected chi connectivity index (χ0v) is 22.3. The summed E-state index contributed by atoms with van der Waals surface area (Å²) >= 11 is 3.34. The lowest BCUT2D eigenvalue weighted by atomic mass is 10.0. The molecule has 0 radical (unpaired) electrons. The van der Waals surface area contributed by atoms with Crippen LogP contribution >= 0.6 is 15.9 Å². The van der Waals surface area contributed by atoms with Crippen molar-refractivity contribution in [1.29, 1.82) is 0 Å². The van der Waals surface area contributed by atoms with Crippen LogP contribution in [0, 0.1) is 6.92 Å². The quantitative estimate of drug-likeness (QED) is 0.144. The SMILES string of the molecule is CCOc1cc(/C=N/NC(=O)COc2cc(C)ccc2C(C)C)ccc1OC(=O)c1ccc(Br)cc1. The van der Waals surface area contributed by atoms with E-state index in [0.29, 0.717) is 35.0 Å². The Morgan fingerprint density at radius 2 is 1.72 bits per heavy atom. The predicted octanol–water partition coefficient (Wildman–Crippen LogP) is 6.03. The Bertz CT molecular complexity index is 1240. The van der Waals surface area contributed by atoms with Crippen molar-refractivity contribution in [2.24, 2.45) is 5.10 Å². The number of rotatable bonds is 10. The molecule has 36 heavy (non-hydrogen) atoms. The molecule has 1 N–H and O–H groups in total. The molecule has 7 nitrogen and oxygen atoms in total. The van der Waals surface area contributed by atoms with E-state index in [1.54, 1.807) is 42.5 Å². The molecule has 0 bridgehead atoms. The van der Waals surface area contributed by atoms with E-state index in [1.165, 1.54) is 6.21 Å². The van der Waals surface area contributed by atoms with Crippen LogP contribution in [0.2, 0.25) is 0 Å². The lowest BCUT2D eigenvalue weighted by Gasteiger charge is -2.14. The number of amides is 1. The fourth-order valence-corrected chi connectivity index (χ4v) is 3.56. The number of benzene rings is 3. The van der Waals surface area contributed by atoms with Crippen LogP contribution in [0.15, 0.2) is 70.2 Å². The first-order chi connectivity index (χ1) is 17.3. The zero-order chi connectivity index (χ0) is 26.1. The third-order valence-electron chi connectivity index (χ3n) is 5.10. The molecule has 3 aromatic carbocycles. The number of esters is 1. The van der Waals surface area contributed by atoms with E-state index in [-0.39, 0.29) is 18.4 Å². The Hall–Kier alpha value is -3.65. The Balaban J connectivity index is 1.61. The van der Waals surface area contributed by atoms with Crippen molar-refractivity contribution in [3.8, 4) is 17.2 Å². The third-order valence-corrected chi connectivity index (χ3v) is 5.63. The maximum Gasteiger partial charge on any atom is 0.343 e. The molecule has 0 saturated heterocycles. The monoisotopic (exact) mass is 552 g/mol. The maximum absolute atomic E-state index is 12.5. The molecule has 0 aromatic heterocycles. The van der Waals surface area contributed by atoms with E-state index in [9.17, 15) is 9.59 Å². The van der Waals surface area contributed by atoms with Crippen molar-refractivity contribution >= 4 is 34.0 Å². The van der Waals surface area contributed by atoms with Gasteiger partial charge in [-0.1, -0.05) is 41.9 Å². The summed E-state index contributed by atoms with van der Waals surface area (Å²) in [4.78, 5) is 24.7. The number of carbonyl (C=O) groups is 2. The van der Waals surface area contributed by atoms with Gasteiger partial charge in [0.15, 0.2) is 18.1 Å². The number of hydrogen-bond acceptors (Lipinski definition) is 6. The smallest absolute Gasteiger partial charge is 0.343 e. The molecule has 0 atom stereocenters. The van der Waals surface area contributed by atoms with Gasteiger partial charge in [0.25, 0.3) is 5.91 Å². The molecule has 0 aliphatic carbocycles. The minimum Gasteiger partial charge on any atom is -0.490 e. The van der Waals surface area contributed by atoms with Crippen LogP contribution in [0.5, 0.6) is 17.2 Å². The molecule has 0 aliphatic heterocycles. The maximum atomic E-state index is 12.5. The van der Waals surface area contributed by atoms with Crippen LogP contribution in [0.3, 0.4) is 0 Å². The first-order valence-corrected chi connectivity index (χ1v) is 12.4. The minimum absolute atomic E-state index is 0.157. The molecule has 188 valence electrons. The number of nitrogens with one attached hydrogen (secondary N) is 1. The van der Waals surface area contributed by atoms with Crippen molar-refractivity contribution in [2.45, 2.75) is 33.6 Å². The molecular formula is C28H29BrN2O5. The van der Waals surface area contributed by atoms with Crippen LogP contribution in [0.25, 0.3) is 0 Å². The van der Waals surface area contributed by atoms with Crippen LogP contribution in [-0.4, -0.2) is 31.3 Å². The summed E-state index contributed by atoms with van der Waals surface area (Å²) in [6.45, 7) is 8.19. The van der Waals surface area contributed by atoms with E-state index in [2.05, 4.69) is 40.3 Å². The van der Waals surface area contributed by atoms with Crippen LogP contribution in [0.4, 0.5) is 0 Å². The topological polar surface area (TPSA) is 86.2 Å². The fraction of sp³-hybridized carbons (Fsp3) is 0.250. The van der Waals surface area contributed by atoms with E-state index in [0.717, 1.165) is 15.6 Å². The summed E-state index contributed by atoms with van der Waals surface area (Å²) in [6, 6.07) is 17.8. The molecule has 3 rings (SSSR count). The second kappa shape index (κ2) is 12.9. The molecule has 3 aromatic rings. The van der Waals surface area contributed by atoms with Crippen LogP contribution in [0.1, 0.15) is 53.7 Å². The van der Waals surface area contributed by atoms with Gasteiger partial charge in [-0.15, -0.1) is 0 Å². The van der Waals surface area contributed by atoms with Gasteiger partial charge in [0.1, 0.15) is 5.75 Å². The summed E-state index contributed by atoms with van der Waals surface area (Å²) < 4.78 is 17.8. The normalized spacial score (nSPS) is 10.9. The van der Waals surface area contributed by atoms with Gasteiger partial charge >= 0.3 is 5.97 Å². The van der Waals surface area contributed by atoms with Gasteiger partial charge in [-0.2, -0.15) is 5.10 Å². The van der Waals surface area contributed by atoms with Gasteiger partial charge in [-0.25, -0.2) is 10.2 Å². The Morgan fingerprint density at radius 1 is 0.972 bits per heavy atom. The molecule has 0 spiro atoms. The number of carbonyl (C=O) groups excluding carboxylic acids is 2. The standard InChI is InChI=1S/C28H29BrN2O5/c1-5-34-26-15-20(7-13-24(26)36-28(33)21-8-10-22(29)11-9-21)16-30-31-27(32)17-35-25-14-19(4)6-12-23(25)18(2)3/h6-16,18H,5,17H2,1-4H3,(H,31,32)/b30-16+. The largest absolute Gasteiger partial charge is 0.490 e. The van der Waals surface area contributed by atoms with Gasteiger partial charge in [0.2, 0.25) is 0 Å². The Kier molecular flexibility index (Phi) is 9.64. The molecular weight excluding hydrogens is 524 g/mol. The summed E-state index contributed by atoms with van der Waals surface area (Å²) in [5.74, 6) is 0.775. The number of hydrogen-bond donors (Lipinski definition) is 1. The molecule has 0 unspecified atom stereocenters. The van der Waals surface area contributed by atoms with Gasteiger partial charge in [0.05, 0.1) is 18.4 Å². The van der Waals surface area contributed by atoms with Crippen molar-refractivity contribution in [1.82, 2.24) is 5.43 Å². The molecule has 0 aliphatic rings. The van der Waals surface area contributed by atoms with E-state index >= 15 is 0 Å². The molecule has 1 amide bonds. The minimum atomic E-state index is -0.494. The van der Waals surface area contributed by atoms with E-state index < -0.39 is 5.97 Å². The van der Waals surface area contributed by atoms with Crippen molar-refractivity contribution in [3.05, 3.63) is 87.4 Å². The van der Waals surface area contributed by atoms with Gasteiger partial charge in [0, 0.05) is 4.47 Å². The highest BCUT2D eigenvalue weighted by Crippen LogP contribution is 2.29. The summed E-state index contributed by atoms with van der Waals surface area (Å²) in [7, 11) is 0. The molecule has 0 saturated carbocycles. The second-order valence-corrected chi connectivity index (χ2v) is 9.23. The molecule has 8 heteroatoms. The number of hydrazone groups is 1. The van der Waals surface area contributed by atoms with Crippen molar-refractivity contribution < 1.29 is 23.8 Å². The first-order valence-electron chi connectivity index (χ1n) is 11.6. The highest BCUT2D eigenvalue weighted by molar-refractivity contribution is 9.10. The average Bonchev–Trinajstić information content (AvgIpc) is 2.84. The highest BCUT2D eigenvalue weighted by Gasteiger charge is 2.14. The third kappa shape index (κ3) is 7.68. The summed E-state index contributed by atoms with van der Waals surface area (Å²) in [5, 5.41) is 4.00.